The SMILES string of the molecule is Cc1ccc(Sc2cc(C(=O)N[C@@H]3CCCC[C@@H]3C)c3ccccc3n2)cc1. The number of pyridine rings is 1. The van der Waals surface area contributed by atoms with E-state index in [0.29, 0.717) is 5.92 Å². The van der Waals surface area contributed by atoms with Crippen molar-refractivity contribution in [1.29, 1.82) is 0 Å². The zero-order valence-corrected chi connectivity index (χ0v) is 17.3. The van der Waals surface area contributed by atoms with Gasteiger partial charge in [0.05, 0.1) is 11.1 Å². The molecule has 0 unspecified atom stereocenters. The zero-order chi connectivity index (χ0) is 19.5. The summed E-state index contributed by atoms with van der Waals surface area (Å²) in [5, 5.41) is 5.06. The number of rotatable bonds is 4. The average molecular weight is 391 g/mol. The lowest BCUT2D eigenvalue weighted by Gasteiger charge is -2.29. The fraction of sp³-hybridized carbons (Fsp3) is 0.333. The van der Waals surface area contributed by atoms with Crippen LogP contribution in [0.15, 0.2) is 64.5 Å². The molecule has 2 atom stereocenters. The molecule has 0 radical (unpaired) electrons. The first-order valence-electron chi connectivity index (χ1n) is 10.1. The fourth-order valence-electron chi connectivity index (χ4n) is 3.90. The Morgan fingerprint density at radius 1 is 1.07 bits per heavy atom. The van der Waals surface area contributed by atoms with Gasteiger partial charge in [-0.1, -0.05) is 67.4 Å². The van der Waals surface area contributed by atoms with Gasteiger partial charge in [0.1, 0.15) is 5.03 Å². The number of aryl methyl sites for hydroxylation is 1. The maximum atomic E-state index is 13.2. The molecular weight excluding hydrogens is 364 g/mol. The minimum absolute atomic E-state index is 0.0168. The van der Waals surface area contributed by atoms with Crippen molar-refractivity contribution < 1.29 is 4.79 Å². The minimum atomic E-state index is 0.0168. The van der Waals surface area contributed by atoms with Crippen LogP contribution in [0.25, 0.3) is 10.9 Å². The van der Waals surface area contributed by atoms with Crippen LogP contribution in [0, 0.1) is 12.8 Å². The molecular formula is C24H26N2OS. The van der Waals surface area contributed by atoms with Gasteiger partial charge in [-0.2, -0.15) is 0 Å². The lowest BCUT2D eigenvalue weighted by molar-refractivity contribution is 0.0911. The first-order chi connectivity index (χ1) is 13.6. The lowest BCUT2D eigenvalue weighted by atomic mass is 9.86. The molecule has 3 aromatic rings. The molecule has 1 N–H and O–H groups in total. The molecule has 1 aromatic heterocycles. The summed E-state index contributed by atoms with van der Waals surface area (Å²) in [6.45, 7) is 4.32. The molecule has 1 saturated carbocycles. The molecule has 1 amide bonds. The summed E-state index contributed by atoms with van der Waals surface area (Å²) < 4.78 is 0. The molecule has 0 aliphatic heterocycles. The Hall–Kier alpha value is -2.33. The maximum absolute atomic E-state index is 13.2. The van der Waals surface area contributed by atoms with Crippen molar-refractivity contribution in [3.63, 3.8) is 0 Å². The molecule has 1 aliphatic carbocycles. The third-order valence-electron chi connectivity index (χ3n) is 5.61. The van der Waals surface area contributed by atoms with Crippen molar-refractivity contribution in [2.24, 2.45) is 5.92 Å². The number of para-hydroxylation sites is 1. The van der Waals surface area contributed by atoms with Gasteiger partial charge >= 0.3 is 0 Å². The van der Waals surface area contributed by atoms with Gasteiger partial charge < -0.3 is 5.32 Å². The van der Waals surface area contributed by atoms with Crippen molar-refractivity contribution in [1.82, 2.24) is 10.3 Å². The Morgan fingerprint density at radius 3 is 2.61 bits per heavy atom. The number of aromatic nitrogens is 1. The molecule has 0 bridgehead atoms. The summed E-state index contributed by atoms with van der Waals surface area (Å²) in [6, 6.07) is 18.5. The smallest absolute Gasteiger partial charge is 0.252 e. The van der Waals surface area contributed by atoms with Crippen LogP contribution in [0.4, 0.5) is 0 Å². The molecule has 4 rings (SSSR count). The second kappa shape index (κ2) is 8.36. The van der Waals surface area contributed by atoms with E-state index in [0.717, 1.165) is 32.8 Å². The summed E-state index contributed by atoms with van der Waals surface area (Å²) in [6.07, 6.45) is 4.72. The Morgan fingerprint density at radius 2 is 1.82 bits per heavy atom. The Bertz CT molecular complexity index is 984. The number of nitrogens with one attached hydrogen (secondary N) is 1. The quantitative estimate of drug-likeness (QED) is 0.594. The predicted octanol–water partition coefficient (Wildman–Crippen LogP) is 6.00. The number of amides is 1. The zero-order valence-electron chi connectivity index (χ0n) is 16.4. The molecule has 28 heavy (non-hydrogen) atoms. The van der Waals surface area contributed by atoms with E-state index < -0.39 is 0 Å². The predicted molar refractivity (Wildman–Crippen MR) is 116 cm³/mol. The Balaban J connectivity index is 1.65. The summed E-state index contributed by atoms with van der Waals surface area (Å²) >= 11 is 1.60. The van der Waals surface area contributed by atoms with Gasteiger partial charge in [-0.15, -0.1) is 0 Å². The van der Waals surface area contributed by atoms with Crippen LogP contribution < -0.4 is 5.32 Å². The first kappa shape index (κ1) is 19.0. The Kier molecular flexibility index (Phi) is 5.67. The first-order valence-corrected chi connectivity index (χ1v) is 10.9. The number of hydrogen-bond donors (Lipinski definition) is 1. The van der Waals surface area contributed by atoms with Gasteiger partial charge in [0.2, 0.25) is 0 Å². The van der Waals surface area contributed by atoms with E-state index in [1.54, 1.807) is 11.8 Å². The van der Waals surface area contributed by atoms with E-state index in [4.69, 9.17) is 4.98 Å². The summed E-state index contributed by atoms with van der Waals surface area (Å²) in [5.41, 5.74) is 2.82. The van der Waals surface area contributed by atoms with Crippen molar-refractivity contribution >= 4 is 28.6 Å². The summed E-state index contributed by atoms with van der Waals surface area (Å²) in [4.78, 5) is 19.1. The minimum Gasteiger partial charge on any atom is -0.349 e. The fourth-order valence-corrected chi connectivity index (χ4v) is 4.73. The number of fused-ring (bicyclic) bond motifs is 1. The van der Waals surface area contributed by atoms with Crippen LogP contribution in [0.2, 0.25) is 0 Å². The highest BCUT2D eigenvalue weighted by atomic mass is 32.2. The molecule has 4 heteroatoms. The van der Waals surface area contributed by atoms with Crippen molar-refractivity contribution in [3.8, 4) is 0 Å². The summed E-state index contributed by atoms with van der Waals surface area (Å²) in [5.74, 6) is 0.551. The molecule has 1 fully saturated rings. The highest BCUT2D eigenvalue weighted by Crippen LogP contribution is 2.30. The molecule has 2 aromatic carbocycles. The van der Waals surface area contributed by atoms with Gasteiger partial charge in [0.15, 0.2) is 0 Å². The lowest BCUT2D eigenvalue weighted by Crippen LogP contribution is -2.41. The summed E-state index contributed by atoms with van der Waals surface area (Å²) in [7, 11) is 0. The molecule has 3 nitrogen and oxygen atoms in total. The van der Waals surface area contributed by atoms with Crippen LogP contribution in [-0.4, -0.2) is 16.9 Å². The number of hydrogen-bond acceptors (Lipinski definition) is 3. The van der Waals surface area contributed by atoms with E-state index in [1.807, 2.05) is 30.3 Å². The Labute approximate surface area is 171 Å². The molecule has 1 aliphatic rings. The topological polar surface area (TPSA) is 42.0 Å². The van der Waals surface area contributed by atoms with E-state index in [-0.39, 0.29) is 11.9 Å². The third kappa shape index (κ3) is 4.22. The van der Waals surface area contributed by atoms with E-state index in [1.165, 1.54) is 24.8 Å². The van der Waals surface area contributed by atoms with Crippen LogP contribution in [-0.2, 0) is 0 Å². The monoisotopic (exact) mass is 390 g/mol. The highest BCUT2D eigenvalue weighted by Gasteiger charge is 2.24. The average Bonchev–Trinajstić information content (AvgIpc) is 2.71. The molecule has 1 heterocycles. The van der Waals surface area contributed by atoms with Gasteiger partial charge in [-0.25, -0.2) is 4.98 Å². The molecule has 0 spiro atoms. The molecule has 144 valence electrons. The normalized spacial score (nSPS) is 19.5. The van der Waals surface area contributed by atoms with E-state index >= 15 is 0 Å². The van der Waals surface area contributed by atoms with Gasteiger partial charge in [-0.05, 0) is 49.9 Å². The van der Waals surface area contributed by atoms with Crippen LogP contribution in [0.3, 0.4) is 0 Å². The van der Waals surface area contributed by atoms with Gasteiger partial charge in [0, 0.05) is 16.3 Å². The van der Waals surface area contributed by atoms with Gasteiger partial charge in [0.25, 0.3) is 5.91 Å². The highest BCUT2D eigenvalue weighted by molar-refractivity contribution is 7.99. The van der Waals surface area contributed by atoms with Crippen molar-refractivity contribution in [2.45, 2.75) is 55.5 Å². The van der Waals surface area contributed by atoms with E-state index in [2.05, 4.69) is 43.4 Å². The van der Waals surface area contributed by atoms with Gasteiger partial charge in [-0.3, -0.25) is 4.79 Å². The largest absolute Gasteiger partial charge is 0.349 e. The van der Waals surface area contributed by atoms with E-state index in [9.17, 15) is 4.79 Å². The number of nitrogens with zero attached hydrogens (tertiary/aromatic N) is 1. The second-order valence-electron chi connectivity index (χ2n) is 7.78. The standard InChI is InChI=1S/C24H26N2OS/c1-16-11-13-18(14-12-16)28-23-15-20(19-8-4-6-10-22(19)25-23)24(27)26-21-9-5-3-7-17(21)2/h4,6,8,10-15,17,21H,3,5,7,9H2,1-2H3,(H,26,27)/t17-,21+/m0/s1. The number of benzene rings is 2. The maximum Gasteiger partial charge on any atom is 0.252 e. The molecule has 0 saturated heterocycles. The van der Waals surface area contributed by atoms with Crippen LogP contribution in [0.5, 0.6) is 0 Å². The number of carbonyl (C=O) groups excluding carboxylic acids is 1. The number of carbonyl (C=O) groups is 1. The van der Waals surface area contributed by atoms with Crippen molar-refractivity contribution in [2.75, 3.05) is 0 Å². The van der Waals surface area contributed by atoms with Crippen LogP contribution in [0.1, 0.15) is 48.5 Å². The van der Waals surface area contributed by atoms with Crippen LogP contribution >= 0.6 is 11.8 Å². The third-order valence-corrected chi connectivity index (χ3v) is 6.53. The second-order valence-corrected chi connectivity index (χ2v) is 8.88. The van der Waals surface area contributed by atoms with Crippen molar-refractivity contribution in [3.05, 3.63) is 65.7 Å².